The van der Waals surface area contributed by atoms with Crippen LogP contribution >= 0.6 is 0 Å². The van der Waals surface area contributed by atoms with Gasteiger partial charge < -0.3 is 4.74 Å². The number of pyridine rings is 1. The van der Waals surface area contributed by atoms with Gasteiger partial charge in [0.2, 0.25) is 5.95 Å². The number of halogens is 2. The van der Waals surface area contributed by atoms with Crippen molar-refractivity contribution in [3.63, 3.8) is 0 Å². The second kappa shape index (κ2) is 6.26. The number of nitrogens with zero attached hydrogens (tertiary/aromatic N) is 2. The van der Waals surface area contributed by atoms with Crippen LogP contribution in [-0.4, -0.2) is 36.1 Å². The Kier molecular flexibility index (Phi) is 4.65. The SMILES string of the molecule is COC(=O)[C@H]1CCN(Cc2cc(F)ncc2F)C[C@H]1C. The number of ether oxygens (including phenoxy) is 1. The zero-order valence-corrected chi connectivity index (χ0v) is 11.6. The summed E-state index contributed by atoms with van der Waals surface area (Å²) in [5.74, 6) is -1.37. The third-order valence-corrected chi connectivity index (χ3v) is 3.79. The molecule has 4 nitrogen and oxygen atoms in total. The Labute approximate surface area is 116 Å². The van der Waals surface area contributed by atoms with E-state index in [2.05, 4.69) is 4.98 Å². The number of likely N-dealkylation sites (tertiary alicyclic amines) is 1. The largest absolute Gasteiger partial charge is 0.469 e. The van der Waals surface area contributed by atoms with E-state index in [1.165, 1.54) is 7.11 Å². The van der Waals surface area contributed by atoms with Crippen molar-refractivity contribution >= 4 is 5.97 Å². The molecule has 2 heterocycles. The van der Waals surface area contributed by atoms with E-state index in [0.717, 1.165) is 12.3 Å². The zero-order chi connectivity index (χ0) is 14.7. The third kappa shape index (κ3) is 3.30. The van der Waals surface area contributed by atoms with Crippen LogP contribution in [0.15, 0.2) is 12.3 Å². The lowest BCUT2D eigenvalue weighted by molar-refractivity contribution is -0.149. The first-order chi connectivity index (χ1) is 9.51. The van der Waals surface area contributed by atoms with Crippen molar-refractivity contribution < 1.29 is 18.3 Å². The number of aromatic nitrogens is 1. The van der Waals surface area contributed by atoms with E-state index in [0.29, 0.717) is 31.6 Å². The summed E-state index contributed by atoms with van der Waals surface area (Å²) in [6.45, 7) is 3.61. The molecule has 0 aliphatic carbocycles. The number of rotatable bonds is 3. The highest BCUT2D eigenvalue weighted by Crippen LogP contribution is 2.25. The van der Waals surface area contributed by atoms with E-state index in [-0.39, 0.29) is 17.8 Å². The number of hydrogen-bond acceptors (Lipinski definition) is 4. The van der Waals surface area contributed by atoms with Crippen LogP contribution in [0, 0.1) is 23.6 Å². The molecular weight excluding hydrogens is 266 g/mol. The minimum absolute atomic E-state index is 0.115. The highest BCUT2D eigenvalue weighted by Gasteiger charge is 2.32. The molecule has 110 valence electrons. The average Bonchev–Trinajstić information content (AvgIpc) is 2.42. The van der Waals surface area contributed by atoms with Crippen LogP contribution in [0.3, 0.4) is 0 Å². The molecule has 0 N–H and O–H groups in total. The van der Waals surface area contributed by atoms with Gasteiger partial charge >= 0.3 is 5.97 Å². The Morgan fingerprint density at radius 2 is 2.30 bits per heavy atom. The van der Waals surface area contributed by atoms with Gasteiger partial charge in [-0.15, -0.1) is 0 Å². The van der Waals surface area contributed by atoms with Gasteiger partial charge in [-0.2, -0.15) is 4.39 Å². The highest BCUT2D eigenvalue weighted by atomic mass is 19.1. The summed E-state index contributed by atoms with van der Waals surface area (Å²) < 4.78 is 31.4. The van der Waals surface area contributed by atoms with Crippen molar-refractivity contribution in [3.05, 3.63) is 29.6 Å². The molecule has 1 aromatic heterocycles. The van der Waals surface area contributed by atoms with Gasteiger partial charge in [-0.3, -0.25) is 9.69 Å². The maximum absolute atomic E-state index is 13.6. The maximum atomic E-state index is 13.6. The van der Waals surface area contributed by atoms with Crippen molar-refractivity contribution in [3.8, 4) is 0 Å². The second-order valence-corrected chi connectivity index (χ2v) is 5.23. The van der Waals surface area contributed by atoms with Gasteiger partial charge in [-0.05, 0) is 18.9 Å². The molecule has 1 aromatic rings. The fourth-order valence-corrected chi connectivity index (χ4v) is 2.69. The molecule has 0 radical (unpaired) electrons. The van der Waals surface area contributed by atoms with Crippen molar-refractivity contribution in [2.24, 2.45) is 11.8 Å². The first-order valence-electron chi connectivity index (χ1n) is 6.61. The number of piperidine rings is 1. The zero-order valence-electron chi connectivity index (χ0n) is 11.6. The second-order valence-electron chi connectivity index (χ2n) is 5.23. The van der Waals surface area contributed by atoms with Crippen LogP contribution in [0.2, 0.25) is 0 Å². The number of methoxy groups -OCH3 is 1. The monoisotopic (exact) mass is 284 g/mol. The molecule has 6 heteroatoms. The molecule has 0 amide bonds. The van der Waals surface area contributed by atoms with Crippen LogP contribution in [0.25, 0.3) is 0 Å². The molecule has 0 aromatic carbocycles. The van der Waals surface area contributed by atoms with E-state index < -0.39 is 11.8 Å². The van der Waals surface area contributed by atoms with Gasteiger partial charge in [0, 0.05) is 24.7 Å². The standard InChI is InChI=1S/C14H18F2N2O2/c1-9-7-18(4-3-11(9)14(19)20-2)8-10-5-13(16)17-6-12(10)15/h5-6,9,11H,3-4,7-8H2,1-2H3/t9-,11+/m1/s1. The minimum Gasteiger partial charge on any atom is -0.469 e. The molecular formula is C14H18F2N2O2. The molecule has 1 fully saturated rings. The van der Waals surface area contributed by atoms with Crippen molar-refractivity contribution in [2.45, 2.75) is 19.9 Å². The summed E-state index contributed by atoms with van der Waals surface area (Å²) in [7, 11) is 1.39. The van der Waals surface area contributed by atoms with Gasteiger partial charge in [0.1, 0.15) is 5.82 Å². The van der Waals surface area contributed by atoms with Crippen LogP contribution < -0.4 is 0 Å². The summed E-state index contributed by atoms with van der Waals surface area (Å²) in [5, 5.41) is 0. The summed E-state index contributed by atoms with van der Waals surface area (Å²) in [6, 6.07) is 1.12. The summed E-state index contributed by atoms with van der Waals surface area (Å²) >= 11 is 0. The first kappa shape index (κ1) is 14.8. The highest BCUT2D eigenvalue weighted by molar-refractivity contribution is 5.72. The van der Waals surface area contributed by atoms with Crippen LogP contribution in [0.1, 0.15) is 18.9 Å². The van der Waals surface area contributed by atoms with Crippen LogP contribution in [0.4, 0.5) is 8.78 Å². The molecule has 2 atom stereocenters. The Morgan fingerprint density at radius 1 is 1.55 bits per heavy atom. The third-order valence-electron chi connectivity index (χ3n) is 3.79. The molecule has 1 aliphatic heterocycles. The number of hydrogen-bond donors (Lipinski definition) is 0. The van der Waals surface area contributed by atoms with E-state index in [9.17, 15) is 13.6 Å². The lowest BCUT2D eigenvalue weighted by Gasteiger charge is -2.35. The number of esters is 1. The van der Waals surface area contributed by atoms with Gasteiger partial charge in [0.25, 0.3) is 0 Å². The molecule has 2 rings (SSSR count). The van der Waals surface area contributed by atoms with Gasteiger partial charge in [0.05, 0.1) is 19.2 Å². The van der Waals surface area contributed by atoms with Crippen molar-refractivity contribution in [2.75, 3.05) is 20.2 Å². The van der Waals surface area contributed by atoms with Crippen molar-refractivity contribution in [1.82, 2.24) is 9.88 Å². The van der Waals surface area contributed by atoms with E-state index in [4.69, 9.17) is 4.74 Å². The lowest BCUT2D eigenvalue weighted by Crippen LogP contribution is -2.42. The smallest absolute Gasteiger partial charge is 0.309 e. The van der Waals surface area contributed by atoms with Crippen LogP contribution in [0.5, 0.6) is 0 Å². The Balaban J connectivity index is 1.99. The predicted molar refractivity (Wildman–Crippen MR) is 68.7 cm³/mol. The van der Waals surface area contributed by atoms with E-state index >= 15 is 0 Å². The predicted octanol–water partition coefficient (Wildman–Crippen LogP) is 1.99. The average molecular weight is 284 g/mol. The molecule has 1 saturated heterocycles. The molecule has 0 spiro atoms. The van der Waals surface area contributed by atoms with Gasteiger partial charge in [-0.1, -0.05) is 6.92 Å². The lowest BCUT2D eigenvalue weighted by atomic mass is 9.87. The molecule has 0 unspecified atom stereocenters. The normalized spacial score (nSPS) is 23.6. The topological polar surface area (TPSA) is 42.4 Å². The molecule has 0 bridgehead atoms. The van der Waals surface area contributed by atoms with Gasteiger partial charge in [-0.25, -0.2) is 9.37 Å². The van der Waals surface area contributed by atoms with E-state index in [1.807, 2.05) is 11.8 Å². The number of carbonyl (C=O) groups excluding carboxylic acids is 1. The molecule has 1 aliphatic rings. The fraction of sp³-hybridized carbons (Fsp3) is 0.571. The number of carbonyl (C=O) groups is 1. The van der Waals surface area contributed by atoms with Gasteiger partial charge in [0.15, 0.2) is 0 Å². The Hall–Kier alpha value is -1.56. The summed E-state index contributed by atoms with van der Waals surface area (Å²) in [5.41, 5.74) is 0.293. The van der Waals surface area contributed by atoms with E-state index in [1.54, 1.807) is 0 Å². The maximum Gasteiger partial charge on any atom is 0.309 e. The molecule has 20 heavy (non-hydrogen) atoms. The minimum atomic E-state index is -0.682. The first-order valence-corrected chi connectivity index (χ1v) is 6.61. The fourth-order valence-electron chi connectivity index (χ4n) is 2.69. The van der Waals surface area contributed by atoms with Crippen LogP contribution in [-0.2, 0) is 16.1 Å². The summed E-state index contributed by atoms with van der Waals surface area (Å²) in [4.78, 5) is 16.9. The quantitative estimate of drug-likeness (QED) is 0.629. The summed E-state index contributed by atoms with van der Waals surface area (Å²) in [6.07, 6.45) is 1.57. The molecule has 0 saturated carbocycles. The Bertz CT molecular complexity index is 496. The van der Waals surface area contributed by atoms with Crippen molar-refractivity contribution in [1.29, 1.82) is 0 Å². The Morgan fingerprint density at radius 3 is 2.95 bits per heavy atom.